The van der Waals surface area contributed by atoms with Crippen molar-refractivity contribution in [2.24, 2.45) is 0 Å². The molecule has 0 fully saturated rings. The van der Waals surface area contributed by atoms with Gasteiger partial charge in [-0.15, -0.1) is 0 Å². The molecule has 0 spiro atoms. The van der Waals surface area contributed by atoms with Crippen molar-refractivity contribution in [3.63, 3.8) is 0 Å². The number of hydrogen-bond donors (Lipinski definition) is 1. The third-order valence-electron chi connectivity index (χ3n) is 7.67. The highest BCUT2D eigenvalue weighted by atomic mass is 16.3. The molecule has 0 saturated heterocycles. The van der Waals surface area contributed by atoms with E-state index in [1.165, 1.54) is 50.1 Å². The van der Waals surface area contributed by atoms with Gasteiger partial charge in [0.25, 0.3) is 0 Å². The van der Waals surface area contributed by atoms with Crippen molar-refractivity contribution < 1.29 is 5.11 Å². The number of rotatable bonds is 4. The predicted molar refractivity (Wildman–Crippen MR) is 158 cm³/mol. The van der Waals surface area contributed by atoms with Crippen LogP contribution in [0, 0.1) is 0 Å². The lowest BCUT2D eigenvalue weighted by atomic mass is 9.87. The Morgan fingerprint density at radius 3 is 1.61 bits per heavy atom. The van der Waals surface area contributed by atoms with Crippen molar-refractivity contribution in [3.8, 4) is 61.4 Å². The lowest BCUT2D eigenvalue weighted by Gasteiger charge is -2.17. The first-order chi connectivity index (χ1) is 18.8. The van der Waals surface area contributed by atoms with Gasteiger partial charge in [-0.1, -0.05) is 127 Å². The van der Waals surface area contributed by atoms with Gasteiger partial charge in [0, 0.05) is 5.56 Å². The third kappa shape index (κ3) is 3.72. The molecule has 180 valence electrons. The molecule has 1 aliphatic rings. The Balaban J connectivity index is 1.44. The highest BCUT2D eigenvalue weighted by Crippen LogP contribution is 2.48. The second kappa shape index (κ2) is 9.21. The molecule has 6 aromatic carbocycles. The molecule has 0 amide bonds. The average molecular weight is 487 g/mol. The highest BCUT2D eigenvalue weighted by molar-refractivity contribution is 5.96. The zero-order valence-corrected chi connectivity index (χ0v) is 20.9. The van der Waals surface area contributed by atoms with Crippen LogP contribution >= 0.6 is 0 Å². The first-order valence-electron chi connectivity index (χ1n) is 13.1. The van der Waals surface area contributed by atoms with E-state index in [1.54, 1.807) is 0 Å². The summed E-state index contributed by atoms with van der Waals surface area (Å²) in [5.74, 6) is 0.294. The van der Waals surface area contributed by atoms with E-state index >= 15 is 0 Å². The van der Waals surface area contributed by atoms with E-state index in [-0.39, 0.29) is 0 Å². The minimum Gasteiger partial charge on any atom is -0.507 e. The minimum absolute atomic E-state index is 0.294. The van der Waals surface area contributed by atoms with E-state index in [0.29, 0.717) is 5.75 Å². The van der Waals surface area contributed by atoms with Crippen LogP contribution in [0.15, 0.2) is 140 Å². The number of benzene rings is 6. The monoisotopic (exact) mass is 486 g/mol. The number of fused-ring (bicyclic) bond motifs is 3. The molecule has 0 bridgehead atoms. The molecule has 0 atom stereocenters. The Bertz CT molecular complexity index is 1770. The summed E-state index contributed by atoms with van der Waals surface area (Å²) >= 11 is 0. The lowest BCUT2D eigenvalue weighted by molar-refractivity contribution is 0.477. The Hall–Kier alpha value is -4.88. The van der Waals surface area contributed by atoms with Gasteiger partial charge in [0.05, 0.1) is 0 Å². The second-order valence-electron chi connectivity index (χ2n) is 9.85. The maximum Gasteiger partial charge on any atom is 0.123 e. The Morgan fingerprint density at radius 2 is 0.921 bits per heavy atom. The molecule has 38 heavy (non-hydrogen) atoms. The molecule has 1 nitrogen and oxygen atoms in total. The fourth-order valence-electron chi connectivity index (χ4n) is 5.91. The summed E-state index contributed by atoms with van der Waals surface area (Å²) in [5, 5.41) is 10.7. The molecular weight excluding hydrogens is 460 g/mol. The SMILES string of the molecule is Oc1ccc(-c2ccc3c(c2-c2ccccc2)Cc2c(-c4ccccc4)cccc2-3)cc1-c1ccccc1. The zero-order chi connectivity index (χ0) is 25.5. The molecule has 1 N–H and O–H groups in total. The highest BCUT2D eigenvalue weighted by Gasteiger charge is 2.26. The first kappa shape index (κ1) is 22.3. The zero-order valence-electron chi connectivity index (χ0n) is 20.9. The van der Waals surface area contributed by atoms with Crippen LogP contribution in [0.2, 0.25) is 0 Å². The summed E-state index contributed by atoms with van der Waals surface area (Å²) in [7, 11) is 0. The van der Waals surface area contributed by atoms with E-state index in [0.717, 1.165) is 23.1 Å². The molecular formula is C37H26O. The van der Waals surface area contributed by atoms with Crippen LogP contribution < -0.4 is 0 Å². The van der Waals surface area contributed by atoms with Gasteiger partial charge >= 0.3 is 0 Å². The van der Waals surface area contributed by atoms with Crippen molar-refractivity contribution >= 4 is 0 Å². The van der Waals surface area contributed by atoms with Gasteiger partial charge in [-0.2, -0.15) is 0 Å². The lowest BCUT2D eigenvalue weighted by Crippen LogP contribution is -1.94. The van der Waals surface area contributed by atoms with Crippen molar-refractivity contribution in [3.05, 3.63) is 151 Å². The molecule has 6 aromatic rings. The smallest absolute Gasteiger partial charge is 0.123 e. The third-order valence-corrected chi connectivity index (χ3v) is 7.67. The average Bonchev–Trinajstić information content (AvgIpc) is 3.37. The molecule has 0 aliphatic heterocycles. The molecule has 0 aromatic heterocycles. The van der Waals surface area contributed by atoms with Gasteiger partial charge in [0.2, 0.25) is 0 Å². The van der Waals surface area contributed by atoms with Crippen LogP contribution in [0.4, 0.5) is 0 Å². The van der Waals surface area contributed by atoms with Gasteiger partial charge in [0.1, 0.15) is 5.75 Å². The molecule has 7 rings (SSSR count). The molecule has 0 unspecified atom stereocenters. The normalized spacial score (nSPS) is 11.7. The standard InChI is InChI=1S/C37H26O/c38-36-22-19-28(23-33(36)26-13-6-2-7-14-26)30-20-21-32-31-18-10-17-29(25-11-4-1-5-12-25)34(31)24-35(32)37(30)27-15-8-3-9-16-27/h1-23,38H,24H2. The molecule has 1 aliphatic carbocycles. The molecule has 0 saturated carbocycles. The summed E-state index contributed by atoms with van der Waals surface area (Å²) in [6.45, 7) is 0. The van der Waals surface area contributed by atoms with Crippen LogP contribution in [0.1, 0.15) is 11.1 Å². The van der Waals surface area contributed by atoms with Crippen LogP contribution in [0.25, 0.3) is 55.6 Å². The minimum atomic E-state index is 0.294. The fourth-order valence-corrected chi connectivity index (χ4v) is 5.91. The number of phenols is 1. The maximum atomic E-state index is 10.7. The molecule has 0 radical (unpaired) electrons. The van der Waals surface area contributed by atoms with Gasteiger partial charge in [-0.25, -0.2) is 0 Å². The summed E-state index contributed by atoms with van der Waals surface area (Å²) < 4.78 is 0. The summed E-state index contributed by atoms with van der Waals surface area (Å²) in [6.07, 6.45) is 0.886. The quantitative estimate of drug-likeness (QED) is 0.263. The van der Waals surface area contributed by atoms with E-state index in [9.17, 15) is 5.11 Å². The van der Waals surface area contributed by atoms with Crippen molar-refractivity contribution in [1.29, 1.82) is 0 Å². The van der Waals surface area contributed by atoms with Gasteiger partial charge in [-0.05, 0) is 79.8 Å². The van der Waals surface area contributed by atoms with Gasteiger partial charge in [-0.3, -0.25) is 0 Å². The van der Waals surface area contributed by atoms with Crippen LogP contribution in [0.3, 0.4) is 0 Å². The van der Waals surface area contributed by atoms with Crippen LogP contribution in [-0.2, 0) is 6.42 Å². The van der Waals surface area contributed by atoms with E-state index in [1.807, 2.05) is 42.5 Å². The van der Waals surface area contributed by atoms with Crippen LogP contribution in [-0.4, -0.2) is 5.11 Å². The largest absolute Gasteiger partial charge is 0.507 e. The fraction of sp³-hybridized carbons (Fsp3) is 0.0270. The number of hydrogen-bond acceptors (Lipinski definition) is 1. The molecule has 0 heterocycles. The summed E-state index contributed by atoms with van der Waals surface area (Å²) in [6, 6.07) is 48.7. The molecule has 1 heteroatoms. The number of phenolic OH excluding ortho intramolecular Hbond substituents is 1. The second-order valence-corrected chi connectivity index (χ2v) is 9.85. The van der Waals surface area contributed by atoms with E-state index in [2.05, 4.69) is 97.1 Å². The number of aromatic hydroxyl groups is 1. The van der Waals surface area contributed by atoms with Gasteiger partial charge < -0.3 is 5.11 Å². The van der Waals surface area contributed by atoms with Crippen molar-refractivity contribution in [2.45, 2.75) is 6.42 Å². The van der Waals surface area contributed by atoms with Gasteiger partial charge in [0.15, 0.2) is 0 Å². The Kier molecular flexibility index (Phi) is 5.41. The van der Waals surface area contributed by atoms with Crippen LogP contribution in [0.5, 0.6) is 5.75 Å². The maximum absolute atomic E-state index is 10.7. The summed E-state index contributed by atoms with van der Waals surface area (Å²) in [5.41, 5.74) is 14.5. The summed E-state index contributed by atoms with van der Waals surface area (Å²) in [4.78, 5) is 0. The Labute approximate surface area is 223 Å². The first-order valence-corrected chi connectivity index (χ1v) is 13.1. The van der Waals surface area contributed by atoms with E-state index < -0.39 is 0 Å². The van der Waals surface area contributed by atoms with E-state index in [4.69, 9.17) is 0 Å². The van der Waals surface area contributed by atoms with Crippen molar-refractivity contribution in [2.75, 3.05) is 0 Å². The van der Waals surface area contributed by atoms with Crippen molar-refractivity contribution in [1.82, 2.24) is 0 Å². The predicted octanol–water partition coefficient (Wildman–Crippen LogP) is 9.63. The Morgan fingerprint density at radius 1 is 0.368 bits per heavy atom. The topological polar surface area (TPSA) is 20.2 Å².